The number of rotatable bonds is 3. The van der Waals surface area contributed by atoms with E-state index in [4.69, 9.17) is 11.5 Å². The van der Waals surface area contributed by atoms with Crippen molar-refractivity contribution in [3.63, 3.8) is 0 Å². The lowest BCUT2D eigenvalue weighted by molar-refractivity contribution is 1.08. The first-order valence-corrected chi connectivity index (χ1v) is 4.65. The normalized spacial score (nSPS) is 11.4. The van der Waals surface area contributed by atoms with Gasteiger partial charge in [0.15, 0.2) is 0 Å². The largest absolute Gasteiger partial charge is 0.402 e. The summed E-state index contributed by atoms with van der Waals surface area (Å²) in [5.74, 6) is 0. The van der Waals surface area contributed by atoms with Crippen LogP contribution in [-0.4, -0.2) is 0 Å². The molecule has 0 amide bonds. The Balaban J connectivity index is 3.17. The van der Waals surface area contributed by atoms with Gasteiger partial charge >= 0.3 is 0 Å². The van der Waals surface area contributed by atoms with Crippen molar-refractivity contribution in [1.29, 1.82) is 0 Å². The molecule has 4 N–H and O–H groups in total. The van der Waals surface area contributed by atoms with Crippen molar-refractivity contribution in [2.75, 3.05) is 5.73 Å². The monoisotopic (exact) mass is 188 g/mol. The van der Waals surface area contributed by atoms with Crippen molar-refractivity contribution < 1.29 is 0 Å². The van der Waals surface area contributed by atoms with E-state index in [0.717, 1.165) is 28.9 Å². The van der Waals surface area contributed by atoms with Gasteiger partial charge in [0.25, 0.3) is 0 Å². The molecule has 0 saturated carbocycles. The second-order valence-corrected chi connectivity index (χ2v) is 3.17. The van der Waals surface area contributed by atoms with Crippen molar-refractivity contribution in [1.82, 2.24) is 0 Å². The highest BCUT2D eigenvalue weighted by Gasteiger charge is 1.97. The van der Waals surface area contributed by atoms with Gasteiger partial charge in [-0.1, -0.05) is 25.6 Å². The maximum Gasteiger partial charge on any atom is 0.0320 e. The lowest BCUT2D eigenvalue weighted by atomic mass is 10.1. The van der Waals surface area contributed by atoms with E-state index in [2.05, 4.69) is 6.58 Å². The molecular weight excluding hydrogens is 172 g/mol. The molecule has 1 aromatic rings. The van der Waals surface area contributed by atoms with Crippen LogP contribution >= 0.6 is 0 Å². The van der Waals surface area contributed by atoms with Gasteiger partial charge in [0.05, 0.1) is 0 Å². The Bertz CT molecular complexity index is 365. The number of allylic oxidation sites excluding steroid dienone is 1. The van der Waals surface area contributed by atoms with Gasteiger partial charge in [-0.2, -0.15) is 0 Å². The Morgan fingerprint density at radius 3 is 2.71 bits per heavy atom. The van der Waals surface area contributed by atoms with E-state index in [1.165, 1.54) is 0 Å². The zero-order valence-electron chi connectivity index (χ0n) is 8.46. The molecule has 0 aliphatic carbocycles. The SMILES string of the molecule is C=Cc1ccc(N)cc1/C=C(/N)CC. The summed E-state index contributed by atoms with van der Waals surface area (Å²) in [7, 11) is 0. The fourth-order valence-electron chi connectivity index (χ4n) is 1.21. The summed E-state index contributed by atoms with van der Waals surface area (Å²) >= 11 is 0. The Hall–Kier alpha value is -1.70. The fourth-order valence-corrected chi connectivity index (χ4v) is 1.21. The fraction of sp³-hybridized carbons (Fsp3) is 0.167. The first-order chi connectivity index (χ1) is 6.67. The Labute approximate surface area is 84.9 Å². The van der Waals surface area contributed by atoms with Crippen LogP contribution in [0.2, 0.25) is 0 Å². The highest BCUT2D eigenvalue weighted by Crippen LogP contribution is 2.17. The third-order valence-electron chi connectivity index (χ3n) is 2.08. The molecule has 2 heteroatoms. The van der Waals surface area contributed by atoms with Crippen LogP contribution in [0.3, 0.4) is 0 Å². The second-order valence-electron chi connectivity index (χ2n) is 3.17. The van der Waals surface area contributed by atoms with E-state index >= 15 is 0 Å². The van der Waals surface area contributed by atoms with Gasteiger partial charge in [0.1, 0.15) is 0 Å². The van der Waals surface area contributed by atoms with E-state index in [0.29, 0.717) is 0 Å². The molecule has 0 unspecified atom stereocenters. The number of hydrogen-bond donors (Lipinski definition) is 2. The summed E-state index contributed by atoms with van der Waals surface area (Å²) in [5, 5.41) is 0. The third-order valence-corrected chi connectivity index (χ3v) is 2.08. The molecule has 0 heterocycles. The average molecular weight is 188 g/mol. The first kappa shape index (κ1) is 10.4. The molecular formula is C12H16N2. The Morgan fingerprint density at radius 1 is 1.43 bits per heavy atom. The van der Waals surface area contributed by atoms with E-state index in [1.54, 1.807) is 6.08 Å². The van der Waals surface area contributed by atoms with Gasteiger partial charge in [-0.15, -0.1) is 0 Å². The number of nitrogen functional groups attached to an aromatic ring is 1. The van der Waals surface area contributed by atoms with E-state index in [-0.39, 0.29) is 0 Å². The number of hydrogen-bond acceptors (Lipinski definition) is 2. The predicted octanol–water partition coefficient (Wildman–Crippen LogP) is 2.62. The first-order valence-electron chi connectivity index (χ1n) is 4.65. The minimum Gasteiger partial charge on any atom is -0.402 e. The molecule has 0 saturated heterocycles. The lowest BCUT2D eigenvalue weighted by Gasteiger charge is -2.04. The lowest BCUT2D eigenvalue weighted by Crippen LogP contribution is -1.95. The van der Waals surface area contributed by atoms with Crippen LogP contribution in [0.4, 0.5) is 5.69 Å². The number of nitrogens with two attached hydrogens (primary N) is 2. The second kappa shape index (κ2) is 4.51. The molecule has 1 aromatic carbocycles. The van der Waals surface area contributed by atoms with Crippen molar-refractivity contribution in [3.8, 4) is 0 Å². The standard InChI is InChI=1S/C12H16N2/c1-3-9-5-6-12(14)8-10(9)7-11(13)4-2/h3,5-8H,1,4,13-14H2,2H3/b11-7+. The van der Waals surface area contributed by atoms with Gasteiger partial charge in [-0.05, 0) is 35.8 Å². The van der Waals surface area contributed by atoms with Gasteiger partial charge in [0, 0.05) is 11.4 Å². The highest BCUT2D eigenvalue weighted by atomic mass is 14.6. The Kier molecular flexibility index (Phi) is 3.35. The van der Waals surface area contributed by atoms with Crippen LogP contribution in [0.25, 0.3) is 12.2 Å². The van der Waals surface area contributed by atoms with Crippen LogP contribution in [0.15, 0.2) is 30.5 Å². The molecule has 14 heavy (non-hydrogen) atoms. The quantitative estimate of drug-likeness (QED) is 0.716. The molecule has 0 aromatic heterocycles. The van der Waals surface area contributed by atoms with Crippen LogP contribution in [0.5, 0.6) is 0 Å². The van der Waals surface area contributed by atoms with E-state index in [1.807, 2.05) is 31.2 Å². The van der Waals surface area contributed by atoms with Crippen molar-refractivity contribution in [2.45, 2.75) is 13.3 Å². The molecule has 0 radical (unpaired) electrons. The van der Waals surface area contributed by atoms with Gasteiger partial charge < -0.3 is 11.5 Å². The maximum absolute atomic E-state index is 5.76. The summed E-state index contributed by atoms with van der Waals surface area (Å²) in [6, 6.07) is 5.70. The van der Waals surface area contributed by atoms with E-state index in [9.17, 15) is 0 Å². The van der Waals surface area contributed by atoms with Gasteiger partial charge in [-0.25, -0.2) is 0 Å². The third kappa shape index (κ3) is 2.39. The minimum absolute atomic E-state index is 0.741. The summed E-state index contributed by atoms with van der Waals surface area (Å²) in [5.41, 5.74) is 15.1. The van der Waals surface area contributed by atoms with Gasteiger partial charge in [0.2, 0.25) is 0 Å². The maximum atomic E-state index is 5.76. The summed E-state index contributed by atoms with van der Waals surface area (Å²) in [6.07, 6.45) is 4.58. The minimum atomic E-state index is 0.741. The summed E-state index contributed by atoms with van der Waals surface area (Å²) < 4.78 is 0. The molecule has 0 spiro atoms. The molecule has 0 fully saturated rings. The summed E-state index contributed by atoms with van der Waals surface area (Å²) in [6.45, 7) is 5.76. The molecule has 0 bridgehead atoms. The number of anilines is 1. The average Bonchev–Trinajstić information content (AvgIpc) is 2.18. The zero-order chi connectivity index (χ0) is 10.6. The number of benzene rings is 1. The van der Waals surface area contributed by atoms with Crippen LogP contribution in [-0.2, 0) is 0 Å². The summed E-state index contributed by atoms with van der Waals surface area (Å²) in [4.78, 5) is 0. The van der Waals surface area contributed by atoms with Crippen LogP contribution in [0.1, 0.15) is 24.5 Å². The Morgan fingerprint density at radius 2 is 2.14 bits per heavy atom. The smallest absolute Gasteiger partial charge is 0.0320 e. The predicted molar refractivity (Wildman–Crippen MR) is 63.4 cm³/mol. The van der Waals surface area contributed by atoms with Crippen molar-refractivity contribution >= 4 is 17.8 Å². The molecule has 2 nitrogen and oxygen atoms in total. The van der Waals surface area contributed by atoms with Crippen molar-refractivity contribution in [2.24, 2.45) is 5.73 Å². The zero-order valence-corrected chi connectivity index (χ0v) is 8.46. The molecule has 0 aliphatic rings. The van der Waals surface area contributed by atoms with Gasteiger partial charge in [-0.3, -0.25) is 0 Å². The highest BCUT2D eigenvalue weighted by molar-refractivity contribution is 5.68. The molecule has 1 rings (SSSR count). The topological polar surface area (TPSA) is 52.0 Å². The van der Waals surface area contributed by atoms with Crippen LogP contribution in [0, 0.1) is 0 Å². The molecule has 0 aliphatic heterocycles. The molecule has 0 atom stereocenters. The van der Waals surface area contributed by atoms with E-state index < -0.39 is 0 Å². The molecule has 74 valence electrons. The van der Waals surface area contributed by atoms with Crippen LogP contribution < -0.4 is 11.5 Å². The van der Waals surface area contributed by atoms with Crippen molar-refractivity contribution in [3.05, 3.63) is 41.6 Å².